The predicted octanol–water partition coefficient (Wildman–Crippen LogP) is 5.75. The molecule has 1 heterocycles. The van der Waals surface area contributed by atoms with E-state index in [1.165, 1.54) is 12.0 Å². The van der Waals surface area contributed by atoms with Gasteiger partial charge in [-0.05, 0) is 89.0 Å². The summed E-state index contributed by atoms with van der Waals surface area (Å²) in [5, 5.41) is 0. The van der Waals surface area contributed by atoms with E-state index in [4.69, 9.17) is 19.2 Å². The van der Waals surface area contributed by atoms with E-state index in [9.17, 15) is 4.79 Å². The number of ether oxygens (including phenoxy) is 3. The second-order valence-corrected chi connectivity index (χ2v) is 10.5. The van der Waals surface area contributed by atoms with E-state index in [0.717, 1.165) is 36.3 Å². The number of allylic oxidation sites excluding steroid dienone is 3. The molecule has 0 N–H and O–H groups in total. The van der Waals surface area contributed by atoms with Crippen molar-refractivity contribution in [1.82, 2.24) is 4.90 Å². The van der Waals surface area contributed by atoms with Gasteiger partial charge in [-0.1, -0.05) is 25.1 Å². The average Bonchev–Trinajstić information content (AvgIpc) is 2.82. The first kappa shape index (κ1) is 27.0. The minimum absolute atomic E-state index is 0.0300. The molecule has 3 rings (SSSR count). The Morgan fingerprint density at radius 2 is 2.11 bits per heavy atom. The summed E-state index contributed by atoms with van der Waals surface area (Å²) in [5.41, 5.74) is 2.49. The Kier molecular flexibility index (Phi) is 9.55. The summed E-state index contributed by atoms with van der Waals surface area (Å²) in [7, 11) is 1.66. The summed E-state index contributed by atoms with van der Waals surface area (Å²) in [5.74, 6) is 2.15. The highest BCUT2D eigenvalue weighted by molar-refractivity contribution is 5.96. The molecule has 192 valence electrons. The highest BCUT2D eigenvalue weighted by Gasteiger charge is 2.35. The molecule has 1 aromatic carbocycles. The quantitative estimate of drug-likeness (QED) is 0.332. The third-order valence-electron chi connectivity index (χ3n) is 6.55. The smallest absolute Gasteiger partial charge is 0.272 e. The summed E-state index contributed by atoms with van der Waals surface area (Å²) < 4.78 is 17.0. The third-order valence-corrected chi connectivity index (χ3v) is 6.55. The van der Waals surface area contributed by atoms with Crippen LogP contribution in [0.1, 0.15) is 65.9 Å². The van der Waals surface area contributed by atoms with E-state index >= 15 is 0 Å². The molecule has 1 aliphatic carbocycles. The van der Waals surface area contributed by atoms with Crippen LogP contribution in [-0.4, -0.2) is 55.5 Å². The molecule has 1 amide bonds. The van der Waals surface area contributed by atoms with E-state index < -0.39 is 0 Å². The van der Waals surface area contributed by atoms with Gasteiger partial charge >= 0.3 is 0 Å². The minimum Gasteiger partial charge on any atom is -0.493 e. The van der Waals surface area contributed by atoms with Gasteiger partial charge in [0, 0.05) is 12.8 Å². The van der Waals surface area contributed by atoms with Crippen LogP contribution >= 0.6 is 0 Å². The number of rotatable bonds is 9. The van der Waals surface area contributed by atoms with Crippen molar-refractivity contribution < 1.29 is 19.0 Å². The highest BCUT2D eigenvalue weighted by atomic mass is 16.5. The topological polar surface area (TPSA) is 60.4 Å². The van der Waals surface area contributed by atoms with Gasteiger partial charge in [-0.3, -0.25) is 9.79 Å². The Morgan fingerprint density at radius 3 is 2.77 bits per heavy atom. The maximum absolute atomic E-state index is 13.6. The van der Waals surface area contributed by atoms with Crippen LogP contribution in [0.5, 0.6) is 11.5 Å². The van der Waals surface area contributed by atoms with Crippen LogP contribution in [0, 0.1) is 5.92 Å². The summed E-state index contributed by atoms with van der Waals surface area (Å²) in [6, 6.07) is 6.02. The number of carbonyl (C=O) groups excluding carboxylic acids is 1. The number of hydrogen-bond acceptors (Lipinski definition) is 5. The zero-order valence-electron chi connectivity index (χ0n) is 22.3. The number of benzene rings is 1. The molecule has 35 heavy (non-hydrogen) atoms. The van der Waals surface area contributed by atoms with Crippen molar-refractivity contribution in [1.29, 1.82) is 0 Å². The van der Waals surface area contributed by atoms with Crippen molar-refractivity contribution in [2.24, 2.45) is 10.9 Å². The molecule has 1 aliphatic heterocycles. The largest absolute Gasteiger partial charge is 0.493 e. The zero-order valence-corrected chi connectivity index (χ0v) is 22.3. The molecule has 6 nitrogen and oxygen atoms in total. The van der Waals surface area contributed by atoms with Gasteiger partial charge in [0.2, 0.25) is 0 Å². The first-order chi connectivity index (χ1) is 16.7. The summed E-state index contributed by atoms with van der Waals surface area (Å²) in [4.78, 5) is 20.2. The van der Waals surface area contributed by atoms with Crippen molar-refractivity contribution in [3.8, 4) is 11.5 Å². The number of hydrogen-bond donors (Lipinski definition) is 0. The Morgan fingerprint density at radius 1 is 1.31 bits per heavy atom. The predicted molar refractivity (Wildman–Crippen MR) is 141 cm³/mol. The number of aryl methyl sites for hydroxylation is 1. The minimum atomic E-state index is -0.358. The van der Waals surface area contributed by atoms with Gasteiger partial charge in [-0.15, -0.1) is 0 Å². The second-order valence-electron chi connectivity index (χ2n) is 10.5. The zero-order chi connectivity index (χ0) is 25.4. The molecule has 0 saturated carbocycles. The number of carbonyl (C=O) groups is 1. The summed E-state index contributed by atoms with van der Waals surface area (Å²) in [6.07, 6.45) is 10.9. The molecule has 1 saturated heterocycles. The van der Waals surface area contributed by atoms with Crippen LogP contribution in [0.3, 0.4) is 0 Å². The fraction of sp³-hybridized carbons (Fsp3) is 0.586. The molecule has 2 aliphatic rings. The number of amides is 1. The lowest BCUT2D eigenvalue weighted by Gasteiger charge is -2.42. The normalized spacial score (nSPS) is 20.8. The van der Waals surface area contributed by atoms with Gasteiger partial charge in [0.25, 0.3) is 5.91 Å². The average molecular weight is 483 g/mol. The Balaban J connectivity index is 1.77. The second kappa shape index (κ2) is 12.4. The maximum atomic E-state index is 13.6. The van der Waals surface area contributed by atoms with E-state index in [1.54, 1.807) is 7.11 Å². The lowest BCUT2D eigenvalue weighted by atomic mass is 9.92. The van der Waals surface area contributed by atoms with Crippen molar-refractivity contribution in [2.75, 3.05) is 26.9 Å². The molecule has 0 radical (unpaired) electrons. The van der Waals surface area contributed by atoms with E-state index in [0.29, 0.717) is 37.8 Å². The van der Waals surface area contributed by atoms with Crippen LogP contribution in [0.4, 0.5) is 0 Å². The van der Waals surface area contributed by atoms with E-state index in [1.807, 2.05) is 57.0 Å². The van der Waals surface area contributed by atoms with Crippen LogP contribution in [0.25, 0.3) is 0 Å². The Hall–Kier alpha value is -2.60. The van der Waals surface area contributed by atoms with Gasteiger partial charge in [-0.2, -0.15) is 0 Å². The van der Waals surface area contributed by atoms with Gasteiger partial charge in [0.05, 0.1) is 32.0 Å². The standard InChI is InChI=1S/C29H42N2O4/c1-21(2)35-26-15-14-23(18-27(26)33-6)8-7-9-25(30-19-24-12-10-22(3)11-13-24)28(32)31-16-17-34-20-29(31,4)5/h9,12,14-15,18-19,21-22H,7-8,10-11,13,16-17,20H2,1-6H3/b25-9+,30-19?. The Bertz CT molecular complexity index is 961. The van der Waals surface area contributed by atoms with Crippen LogP contribution < -0.4 is 9.47 Å². The lowest BCUT2D eigenvalue weighted by molar-refractivity contribution is -0.142. The molecular weight excluding hydrogens is 440 g/mol. The summed E-state index contributed by atoms with van der Waals surface area (Å²) >= 11 is 0. The third kappa shape index (κ3) is 7.69. The number of nitrogens with zero attached hydrogens (tertiary/aromatic N) is 2. The number of aliphatic imine (C=N–C) groups is 1. The molecule has 0 aromatic heterocycles. The molecule has 0 spiro atoms. The first-order valence-corrected chi connectivity index (χ1v) is 12.9. The monoisotopic (exact) mass is 482 g/mol. The number of methoxy groups -OCH3 is 1. The molecule has 6 heteroatoms. The van der Waals surface area contributed by atoms with Crippen LogP contribution in [-0.2, 0) is 16.0 Å². The molecule has 1 aromatic rings. The fourth-order valence-electron chi connectivity index (χ4n) is 4.42. The molecule has 1 atom stereocenters. The molecular formula is C29H42N2O4. The van der Waals surface area contributed by atoms with Gasteiger partial charge in [-0.25, -0.2) is 0 Å². The molecule has 1 unspecified atom stereocenters. The number of morpholine rings is 1. The molecule has 0 bridgehead atoms. The SMILES string of the molecule is COc1cc(CC/C=C(/N=CC2=CCC(C)CC2)C(=O)N2CCOCC2(C)C)ccc1OC(C)C. The Labute approximate surface area is 211 Å². The summed E-state index contributed by atoms with van der Waals surface area (Å²) in [6.45, 7) is 12.0. The van der Waals surface area contributed by atoms with Crippen molar-refractivity contribution >= 4 is 12.1 Å². The maximum Gasteiger partial charge on any atom is 0.272 e. The van der Waals surface area contributed by atoms with Crippen LogP contribution in [0.15, 0.2) is 46.6 Å². The fourth-order valence-corrected chi connectivity index (χ4v) is 4.42. The van der Waals surface area contributed by atoms with Gasteiger partial charge < -0.3 is 19.1 Å². The van der Waals surface area contributed by atoms with E-state index in [2.05, 4.69) is 19.1 Å². The van der Waals surface area contributed by atoms with Crippen molar-refractivity contribution in [2.45, 2.75) is 78.4 Å². The van der Waals surface area contributed by atoms with Gasteiger partial charge in [0.15, 0.2) is 11.5 Å². The lowest BCUT2D eigenvalue weighted by Crippen LogP contribution is -2.55. The first-order valence-electron chi connectivity index (χ1n) is 12.9. The highest BCUT2D eigenvalue weighted by Crippen LogP contribution is 2.30. The van der Waals surface area contributed by atoms with Crippen molar-refractivity contribution in [3.05, 3.63) is 47.2 Å². The van der Waals surface area contributed by atoms with Crippen molar-refractivity contribution in [3.63, 3.8) is 0 Å². The van der Waals surface area contributed by atoms with E-state index in [-0.39, 0.29) is 17.6 Å². The van der Waals surface area contributed by atoms with Gasteiger partial charge in [0.1, 0.15) is 5.70 Å². The molecule has 1 fully saturated rings. The van der Waals surface area contributed by atoms with Crippen LogP contribution in [0.2, 0.25) is 0 Å².